The number of nitrogens with one attached hydrogen (secondary N) is 2. The second kappa shape index (κ2) is 6.82. The van der Waals surface area contributed by atoms with Gasteiger partial charge >= 0.3 is 0 Å². The van der Waals surface area contributed by atoms with Gasteiger partial charge in [0, 0.05) is 47.3 Å². The molecule has 0 atom stereocenters. The fourth-order valence-electron chi connectivity index (χ4n) is 1.37. The number of rotatable bonds is 7. The minimum Gasteiger partial charge on any atom is -0.369 e. The quantitative estimate of drug-likeness (QED) is 0.670. The zero-order valence-electron chi connectivity index (χ0n) is 12.5. The Morgan fingerprint density at radius 2 is 1.80 bits per heavy atom. The Bertz CT molecular complexity index is 544. The number of aromatic nitrogens is 2. The standard InChI is InChI=1S/C11H22N6O2S/c1-9-14-10(8-11(15-9)16(2)3)12-6-7-13-20(18,19)17(4)5/h8,13H,6-7H2,1-5H3,(H,12,14,15). The van der Waals surface area contributed by atoms with Crippen molar-refractivity contribution in [3.63, 3.8) is 0 Å². The van der Waals surface area contributed by atoms with E-state index in [2.05, 4.69) is 20.0 Å². The van der Waals surface area contributed by atoms with Crippen molar-refractivity contribution in [3.05, 3.63) is 11.9 Å². The molecule has 1 aromatic rings. The zero-order valence-corrected chi connectivity index (χ0v) is 13.3. The molecule has 0 amide bonds. The van der Waals surface area contributed by atoms with E-state index in [1.165, 1.54) is 14.1 Å². The molecule has 0 bridgehead atoms. The predicted octanol–water partition coefficient (Wildman–Crippen LogP) is -0.341. The molecule has 8 nitrogen and oxygen atoms in total. The van der Waals surface area contributed by atoms with Crippen LogP contribution in [0.5, 0.6) is 0 Å². The van der Waals surface area contributed by atoms with Crippen LogP contribution in [0.25, 0.3) is 0 Å². The van der Waals surface area contributed by atoms with Crippen LogP contribution in [0.4, 0.5) is 11.6 Å². The van der Waals surface area contributed by atoms with Gasteiger partial charge < -0.3 is 10.2 Å². The second-order valence-electron chi connectivity index (χ2n) is 4.66. The van der Waals surface area contributed by atoms with E-state index in [0.29, 0.717) is 18.2 Å². The predicted molar refractivity (Wildman–Crippen MR) is 80.2 cm³/mol. The van der Waals surface area contributed by atoms with Crippen molar-refractivity contribution < 1.29 is 8.42 Å². The van der Waals surface area contributed by atoms with Gasteiger partial charge in [0.05, 0.1) is 0 Å². The monoisotopic (exact) mass is 302 g/mol. The van der Waals surface area contributed by atoms with Gasteiger partial charge in [-0.2, -0.15) is 12.7 Å². The van der Waals surface area contributed by atoms with Gasteiger partial charge in [-0.15, -0.1) is 0 Å². The number of hydrogen-bond acceptors (Lipinski definition) is 6. The van der Waals surface area contributed by atoms with Crippen LogP contribution in [-0.4, -0.2) is 64.0 Å². The first-order chi connectivity index (χ1) is 9.22. The van der Waals surface area contributed by atoms with Gasteiger partial charge in [0.25, 0.3) is 10.2 Å². The molecule has 0 aromatic carbocycles. The summed E-state index contributed by atoms with van der Waals surface area (Å²) >= 11 is 0. The molecule has 0 aliphatic carbocycles. The molecule has 0 fully saturated rings. The summed E-state index contributed by atoms with van der Waals surface area (Å²) < 4.78 is 26.6. The molecule has 1 heterocycles. The number of aryl methyl sites for hydroxylation is 1. The Morgan fingerprint density at radius 3 is 2.35 bits per heavy atom. The third-order valence-electron chi connectivity index (χ3n) is 2.48. The Hall–Kier alpha value is -1.45. The van der Waals surface area contributed by atoms with Gasteiger partial charge in [-0.3, -0.25) is 0 Å². The van der Waals surface area contributed by atoms with Gasteiger partial charge in [0.15, 0.2) is 0 Å². The lowest BCUT2D eigenvalue weighted by molar-refractivity contribution is 0.507. The van der Waals surface area contributed by atoms with Gasteiger partial charge in [0.2, 0.25) is 0 Å². The summed E-state index contributed by atoms with van der Waals surface area (Å²) in [6, 6.07) is 1.81. The Balaban J connectivity index is 2.55. The lowest BCUT2D eigenvalue weighted by atomic mass is 10.4. The van der Waals surface area contributed by atoms with Crippen LogP contribution in [0, 0.1) is 6.92 Å². The normalized spacial score (nSPS) is 11.7. The molecule has 1 rings (SSSR count). The first-order valence-corrected chi connectivity index (χ1v) is 7.60. The molecule has 0 saturated carbocycles. The Morgan fingerprint density at radius 1 is 1.15 bits per heavy atom. The summed E-state index contributed by atoms with van der Waals surface area (Å²) in [6.45, 7) is 2.53. The van der Waals surface area contributed by atoms with Crippen molar-refractivity contribution in [2.45, 2.75) is 6.92 Å². The summed E-state index contributed by atoms with van der Waals surface area (Å²) in [7, 11) is 3.38. The molecular weight excluding hydrogens is 280 g/mol. The minimum atomic E-state index is -3.38. The lowest BCUT2D eigenvalue weighted by Gasteiger charge is -2.15. The van der Waals surface area contributed by atoms with Crippen LogP contribution in [0.3, 0.4) is 0 Å². The van der Waals surface area contributed by atoms with E-state index in [-0.39, 0.29) is 6.54 Å². The van der Waals surface area contributed by atoms with E-state index in [9.17, 15) is 8.42 Å². The van der Waals surface area contributed by atoms with E-state index < -0.39 is 10.2 Å². The molecular formula is C11H22N6O2S. The average molecular weight is 302 g/mol. The topological polar surface area (TPSA) is 90.5 Å². The summed E-state index contributed by atoms with van der Waals surface area (Å²) in [5, 5.41) is 3.07. The lowest BCUT2D eigenvalue weighted by Crippen LogP contribution is -2.38. The van der Waals surface area contributed by atoms with Crippen molar-refractivity contribution in [3.8, 4) is 0 Å². The van der Waals surface area contributed by atoms with Crippen molar-refractivity contribution >= 4 is 21.8 Å². The molecule has 1 aromatic heterocycles. The van der Waals surface area contributed by atoms with Crippen LogP contribution in [-0.2, 0) is 10.2 Å². The fraction of sp³-hybridized carbons (Fsp3) is 0.636. The highest BCUT2D eigenvalue weighted by Crippen LogP contribution is 2.12. The second-order valence-corrected chi connectivity index (χ2v) is 6.63. The van der Waals surface area contributed by atoms with Crippen LogP contribution in [0.2, 0.25) is 0 Å². The van der Waals surface area contributed by atoms with Crippen molar-refractivity contribution in [2.75, 3.05) is 51.5 Å². The largest absolute Gasteiger partial charge is 0.369 e. The van der Waals surface area contributed by atoms with Crippen LogP contribution < -0.4 is 14.9 Å². The molecule has 20 heavy (non-hydrogen) atoms. The highest BCUT2D eigenvalue weighted by atomic mass is 32.2. The summed E-state index contributed by atoms with van der Waals surface area (Å²) in [6.07, 6.45) is 0. The van der Waals surface area contributed by atoms with E-state index in [1.807, 2.05) is 32.0 Å². The first-order valence-electron chi connectivity index (χ1n) is 6.16. The van der Waals surface area contributed by atoms with Gasteiger partial charge in [-0.05, 0) is 6.92 Å². The fourth-order valence-corrected chi connectivity index (χ4v) is 1.99. The average Bonchev–Trinajstić information content (AvgIpc) is 2.33. The smallest absolute Gasteiger partial charge is 0.278 e. The van der Waals surface area contributed by atoms with E-state index in [4.69, 9.17) is 0 Å². The Labute approximate surface area is 120 Å². The van der Waals surface area contributed by atoms with Crippen LogP contribution in [0.1, 0.15) is 5.82 Å². The maximum atomic E-state index is 11.5. The van der Waals surface area contributed by atoms with Crippen molar-refractivity contribution in [2.24, 2.45) is 0 Å². The minimum absolute atomic E-state index is 0.279. The van der Waals surface area contributed by atoms with Crippen molar-refractivity contribution in [1.82, 2.24) is 19.0 Å². The summed E-state index contributed by atoms with van der Waals surface area (Å²) in [5.41, 5.74) is 0. The number of nitrogens with zero attached hydrogens (tertiary/aromatic N) is 4. The first kappa shape index (κ1) is 16.6. The van der Waals surface area contributed by atoms with Crippen LogP contribution in [0.15, 0.2) is 6.07 Å². The highest BCUT2D eigenvalue weighted by molar-refractivity contribution is 7.87. The van der Waals surface area contributed by atoms with E-state index in [1.54, 1.807) is 0 Å². The van der Waals surface area contributed by atoms with Gasteiger partial charge in [-0.25, -0.2) is 14.7 Å². The summed E-state index contributed by atoms with van der Waals surface area (Å²) in [5.74, 6) is 2.13. The Kier molecular flexibility index (Phi) is 5.66. The zero-order chi connectivity index (χ0) is 15.3. The van der Waals surface area contributed by atoms with E-state index in [0.717, 1.165) is 10.1 Å². The molecule has 0 aliphatic heterocycles. The molecule has 0 saturated heterocycles. The highest BCUT2D eigenvalue weighted by Gasteiger charge is 2.11. The maximum Gasteiger partial charge on any atom is 0.278 e. The van der Waals surface area contributed by atoms with E-state index >= 15 is 0 Å². The molecule has 0 radical (unpaired) electrons. The van der Waals surface area contributed by atoms with Gasteiger partial charge in [0.1, 0.15) is 17.5 Å². The molecule has 114 valence electrons. The van der Waals surface area contributed by atoms with Crippen molar-refractivity contribution in [1.29, 1.82) is 0 Å². The molecule has 0 unspecified atom stereocenters. The van der Waals surface area contributed by atoms with Crippen LogP contribution >= 0.6 is 0 Å². The number of anilines is 2. The SMILES string of the molecule is Cc1nc(NCCNS(=O)(=O)N(C)C)cc(N(C)C)n1. The molecule has 0 aliphatic rings. The molecule has 2 N–H and O–H groups in total. The maximum absolute atomic E-state index is 11.5. The summed E-state index contributed by atoms with van der Waals surface area (Å²) in [4.78, 5) is 10.4. The number of hydrogen-bond donors (Lipinski definition) is 2. The van der Waals surface area contributed by atoms with Gasteiger partial charge in [-0.1, -0.05) is 0 Å². The third kappa shape index (κ3) is 4.91. The third-order valence-corrected chi connectivity index (χ3v) is 4.01. The molecule has 0 spiro atoms. The molecule has 9 heteroatoms.